The van der Waals surface area contributed by atoms with Gasteiger partial charge in [-0.05, 0) is 24.5 Å². The van der Waals surface area contributed by atoms with E-state index >= 15 is 0 Å². The zero-order valence-corrected chi connectivity index (χ0v) is 10.1. The lowest BCUT2D eigenvalue weighted by atomic mass is 9.87. The first kappa shape index (κ1) is 12.1. The predicted molar refractivity (Wildman–Crippen MR) is 65.7 cm³/mol. The first-order chi connectivity index (χ1) is 8.36. The van der Waals surface area contributed by atoms with Crippen LogP contribution >= 0.6 is 0 Å². The second-order valence-electron chi connectivity index (χ2n) is 4.67. The Hall–Kier alpha value is -1.38. The van der Waals surface area contributed by atoms with Crippen LogP contribution in [0.25, 0.3) is 0 Å². The van der Waals surface area contributed by atoms with E-state index in [0.29, 0.717) is 12.2 Å². The molecule has 1 heterocycles. The lowest BCUT2D eigenvalue weighted by Gasteiger charge is -2.20. The third kappa shape index (κ3) is 3.84. The fourth-order valence-corrected chi connectivity index (χ4v) is 2.36. The number of ether oxygens (including phenoxy) is 1. The van der Waals surface area contributed by atoms with Crippen LogP contribution < -0.4 is 0 Å². The van der Waals surface area contributed by atoms with Gasteiger partial charge < -0.3 is 4.74 Å². The van der Waals surface area contributed by atoms with Crippen LogP contribution in [0.2, 0.25) is 0 Å². The minimum Gasteiger partial charge on any atom is -0.462 e. The summed E-state index contributed by atoms with van der Waals surface area (Å²) < 4.78 is 5.25. The molecule has 1 fully saturated rings. The van der Waals surface area contributed by atoms with Gasteiger partial charge in [0.1, 0.15) is 0 Å². The lowest BCUT2D eigenvalue weighted by Crippen LogP contribution is -2.12. The molecule has 1 aliphatic carbocycles. The van der Waals surface area contributed by atoms with Gasteiger partial charge in [0.05, 0.1) is 12.2 Å². The predicted octanol–water partition coefficient (Wildman–Crippen LogP) is 3.21. The molecular weight excluding hydrogens is 214 g/mol. The van der Waals surface area contributed by atoms with Gasteiger partial charge in [0.25, 0.3) is 0 Å². The van der Waals surface area contributed by atoms with Crippen molar-refractivity contribution in [3.05, 3.63) is 30.1 Å². The van der Waals surface area contributed by atoms with Crippen LogP contribution in [-0.2, 0) is 4.74 Å². The number of pyridine rings is 1. The molecule has 2 rings (SSSR count). The minimum absolute atomic E-state index is 0.256. The molecule has 0 aromatic carbocycles. The van der Waals surface area contributed by atoms with Gasteiger partial charge in [-0.2, -0.15) is 0 Å². The van der Waals surface area contributed by atoms with E-state index in [1.807, 2.05) is 0 Å². The summed E-state index contributed by atoms with van der Waals surface area (Å²) in [5, 5.41) is 0. The average molecular weight is 233 g/mol. The van der Waals surface area contributed by atoms with E-state index < -0.39 is 0 Å². The first-order valence-electron chi connectivity index (χ1n) is 6.43. The number of aromatic nitrogens is 1. The normalized spacial score (nSPS) is 16.7. The molecule has 0 atom stereocenters. The number of carbonyl (C=O) groups is 1. The highest BCUT2D eigenvalue weighted by atomic mass is 16.5. The van der Waals surface area contributed by atoms with Gasteiger partial charge in [0.15, 0.2) is 0 Å². The quantitative estimate of drug-likeness (QED) is 0.750. The molecule has 0 N–H and O–H groups in total. The SMILES string of the molecule is O=C(OCCC1CCCCC1)c1cccnc1. The molecule has 0 bridgehead atoms. The van der Waals surface area contributed by atoms with Gasteiger partial charge in [-0.1, -0.05) is 32.1 Å². The molecular formula is C14H19NO2. The van der Waals surface area contributed by atoms with Crippen molar-refractivity contribution in [2.45, 2.75) is 38.5 Å². The Kier molecular flexibility index (Phi) is 4.54. The fraction of sp³-hybridized carbons (Fsp3) is 0.571. The van der Waals surface area contributed by atoms with E-state index in [9.17, 15) is 4.79 Å². The molecule has 0 amide bonds. The molecule has 0 spiro atoms. The molecule has 1 aliphatic rings. The Balaban J connectivity index is 1.69. The zero-order valence-electron chi connectivity index (χ0n) is 10.1. The van der Waals surface area contributed by atoms with E-state index in [1.54, 1.807) is 24.5 Å². The zero-order chi connectivity index (χ0) is 11.9. The monoisotopic (exact) mass is 233 g/mol. The van der Waals surface area contributed by atoms with E-state index in [-0.39, 0.29) is 5.97 Å². The number of hydrogen-bond donors (Lipinski definition) is 0. The minimum atomic E-state index is -0.256. The van der Waals surface area contributed by atoms with Gasteiger partial charge in [0.2, 0.25) is 0 Å². The van der Waals surface area contributed by atoms with Gasteiger partial charge in [-0.3, -0.25) is 4.98 Å². The van der Waals surface area contributed by atoms with Gasteiger partial charge in [0, 0.05) is 12.4 Å². The highest BCUT2D eigenvalue weighted by Gasteiger charge is 2.14. The number of esters is 1. The summed E-state index contributed by atoms with van der Waals surface area (Å²) in [5.74, 6) is 0.499. The van der Waals surface area contributed by atoms with Crippen molar-refractivity contribution in [3.63, 3.8) is 0 Å². The van der Waals surface area contributed by atoms with Crippen LogP contribution in [0.15, 0.2) is 24.5 Å². The summed E-state index contributed by atoms with van der Waals surface area (Å²) in [6.07, 6.45) is 10.8. The number of rotatable bonds is 4. The van der Waals surface area contributed by atoms with E-state index in [0.717, 1.165) is 12.3 Å². The van der Waals surface area contributed by atoms with E-state index in [2.05, 4.69) is 4.98 Å². The molecule has 3 nitrogen and oxygen atoms in total. The number of nitrogens with zero attached hydrogens (tertiary/aromatic N) is 1. The van der Waals surface area contributed by atoms with Crippen LogP contribution in [0.4, 0.5) is 0 Å². The van der Waals surface area contributed by atoms with Gasteiger partial charge >= 0.3 is 5.97 Å². The summed E-state index contributed by atoms with van der Waals surface area (Å²) in [4.78, 5) is 15.5. The van der Waals surface area contributed by atoms with Crippen molar-refractivity contribution in [1.29, 1.82) is 0 Å². The van der Waals surface area contributed by atoms with Crippen molar-refractivity contribution < 1.29 is 9.53 Å². The summed E-state index contributed by atoms with van der Waals surface area (Å²) in [6.45, 7) is 0.540. The highest BCUT2D eigenvalue weighted by Crippen LogP contribution is 2.26. The standard InChI is InChI=1S/C14H19NO2/c16-14(13-7-4-9-15-11-13)17-10-8-12-5-2-1-3-6-12/h4,7,9,11-12H,1-3,5-6,8,10H2. The fourth-order valence-electron chi connectivity index (χ4n) is 2.36. The molecule has 3 heteroatoms. The van der Waals surface area contributed by atoms with Gasteiger partial charge in [-0.15, -0.1) is 0 Å². The second-order valence-corrected chi connectivity index (χ2v) is 4.67. The molecule has 0 aliphatic heterocycles. The van der Waals surface area contributed by atoms with Crippen LogP contribution in [0, 0.1) is 5.92 Å². The maximum absolute atomic E-state index is 11.6. The van der Waals surface area contributed by atoms with Crippen molar-refractivity contribution in [2.24, 2.45) is 5.92 Å². The molecule has 1 aromatic rings. The summed E-state index contributed by atoms with van der Waals surface area (Å²) in [5.41, 5.74) is 0.538. The van der Waals surface area contributed by atoms with Crippen LogP contribution in [0.3, 0.4) is 0 Å². The molecule has 0 unspecified atom stereocenters. The van der Waals surface area contributed by atoms with Crippen molar-refractivity contribution in [3.8, 4) is 0 Å². The molecule has 17 heavy (non-hydrogen) atoms. The Labute approximate surface area is 102 Å². The third-order valence-corrected chi connectivity index (χ3v) is 3.38. The molecule has 92 valence electrons. The van der Waals surface area contributed by atoms with Crippen LogP contribution in [-0.4, -0.2) is 17.6 Å². The van der Waals surface area contributed by atoms with Gasteiger partial charge in [-0.25, -0.2) is 4.79 Å². The van der Waals surface area contributed by atoms with Crippen molar-refractivity contribution in [2.75, 3.05) is 6.61 Å². The molecule has 0 radical (unpaired) electrons. The smallest absolute Gasteiger partial charge is 0.339 e. The van der Waals surface area contributed by atoms with E-state index in [4.69, 9.17) is 4.74 Å². The Morgan fingerprint density at radius 1 is 1.35 bits per heavy atom. The summed E-state index contributed by atoms with van der Waals surface area (Å²) in [6, 6.07) is 3.48. The Morgan fingerprint density at radius 3 is 2.88 bits per heavy atom. The van der Waals surface area contributed by atoms with Crippen LogP contribution in [0.5, 0.6) is 0 Å². The van der Waals surface area contributed by atoms with E-state index in [1.165, 1.54) is 32.1 Å². The van der Waals surface area contributed by atoms with Crippen molar-refractivity contribution in [1.82, 2.24) is 4.98 Å². The molecule has 0 saturated heterocycles. The third-order valence-electron chi connectivity index (χ3n) is 3.38. The Morgan fingerprint density at radius 2 is 2.18 bits per heavy atom. The maximum atomic E-state index is 11.6. The number of hydrogen-bond acceptors (Lipinski definition) is 3. The topological polar surface area (TPSA) is 39.2 Å². The second kappa shape index (κ2) is 6.38. The molecule has 1 saturated carbocycles. The summed E-state index contributed by atoms with van der Waals surface area (Å²) >= 11 is 0. The average Bonchev–Trinajstić information content (AvgIpc) is 2.41. The maximum Gasteiger partial charge on any atom is 0.339 e. The molecule has 1 aromatic heterocycles. The first-order valence-corrected chi connectivity index (χ1v) is 6.43. The number of carbonyl (C=O) groups excluding carboxylic acids is 1. The lowest BCUT2D eigenvalue weighted by molar-refractivity contribution is 0.0474. The van der Waals surface area contributed by atoms with Crippen LogP contribution in [0.1, 0.15) is 48.9 Å². The Bertz CT molecular complexity index is 344. The largest absolute Gasteiger partial charge is 0.462 e. The highest BCUT2D eigenvalue weighted by molar-refractivity contribution is 5.88. The van der Waals surface area contributed by atoms with Crippen molar-refractivity contribution >= 4 is 5.97 Å². The summed E-state index contributed by atoms with van der Waals surface area (Å²) in [7, 11) is 0.